The van der Waals surface area contributed by atoms with Gasteiger partial charge in [-0.3, -0.25) is 4.79 Å². The van der Waals surface area contributed by atoms with Crippen molar-refractivity contribution in [3.63, 3.8) is 0 Å². The highest BCUT2D eigenvalue weighted by Crippen LogP contribution is 2.59. The first-order valence-corrected chi connectivity index (χ1v) is 3.73. The largest absolute Gasteiger partial charge is 0.317 e. The molecule has 0 aromatic carbocycles. The van der Waals surface area contributed by atoms with E-state index in [4.69, 9.17) is 0 Å². The van der Waals surface area contributed by atoms with Crippen LogP contribution in [0, 0.1) is 11.8 Å². The van der Waals surface area contributed by atoms with Crippen LogP contribution in [0.25, 0.3) is 0 Å². The van der Waals surface area contributed by atoms with Crippen LogP contribution in [-0.4, -0.2) is 18.1 Å². The molecule has 0 aromatic rings. The standard InChI is InChI=1S/C8H8F4O/c1-5-6(3-2-4-13)8(11,12)7(5,9)10/h2-6H,1H3. The summed E-state index contributed by atoms with van der Waals surface area (Å²) < 4.78 is 50.3. The number of allylic oxidation sites excluding steroid dienone is 2. The van der Waals surface area contributed by atoms with E-state index in [0.29, 0.717) is 6.29 Å². The summed E-state index contributed by atoms with van der Waals surface area (Å²) in [6.45, 7) is 1.04. The average molecular weight is 196 g/mol. The number of aldehydes is 1. The van der Waals surface area contributed by atoms with Gasteiger partial charge in [0.15, 0.2) is 0 Å². The SMILES string of the molecule is CC1C(C=CC=O)C(F)(F)C1(F)F. The summed E-state index contributed by atoms with van der Waals surface area (Å²) in [7, 11) is 0. The molecule has 1 aliphatic rings. The highest BCUT2D eigenvalue weighted by Gasteiger charge is 2.75. The average Bonchev–Trinajstić information content (AvgIpc) is 2.04. The number of hydrogen-bond donors (Lipinski definition) is 0. The lowest BCUT2D eigenvalue weighted by Crippen LogP contribution is -2.64. The molecule has 74 valence electrons. The highest BCUT2D eigenvalue weighted by molar-refractivity contribution is 5.64. The van der Waals surface area contributed by atoms with Crippen LogP contribution >= 0.6 is 0 Å². The van der Waals surface area contributed by atoms with Crippen LogP contribution in [0.4, 0.5) is 17.6 Å². The third-order valence-electron chi connectivity index (χ3n) is 2.37. The summed E-state index contributed by atoms with van der Waals surface area (Å²) in [5.74, 6) is -10.9. The van der Waals surface area contributed by atoms with Crippen molar-refractivity contribution in [1.82, 2.24) is 0 Å². The van der Waals surface area contributed by atoms with Crippen LogP contribution < -0.4 is 0 Å². The summed E-state index contributed by atoms with van der Waals surface area (Å²) in [6.07, 6.45) is 1.94. The minimum absolute atomic E-state index is 0.291. The summed E-state index contributed by atoms with van der Waals surface area (Å²) in [6, 6.07) is 0. The molecule has 1 fully saturated rings. The van der Waals surface area contributed by atoms with Crippen molar-refractivity contribution in [3.05, 3.63) is 12.2 Å². The van der Waals surface area contributed by atoms with E-state index in [1.807, 2.05) is 0 Å². The Kier molecular flexibility index (Phi) is 2.21. The van der Waals surface area contributed by atoms with Gasteiger partial charge in [0, 0.05) is 5.92 Å². The molecule has 2 atom stereocenters. The quantitative estimate of drug-likeness (QED) is 0.376. The first-order valence-electron chi connectivity index (χ1n) is 3.73. The zero-order valence-electron chi connectivity index (χ0n) is 6.81. The lowest BCUT2D eigenvalue weighted by Gasteiger charge is -2.48. The number of alkyl halides is 4. The molecule has 0 saturated heterocycles. The number of carbonyl (C=O) groups is 1. The van der Waals surface area contributed by atoms with Gasteiger partial charge in [-0.1, -0.05) is 13.0 Å². The number of carbonyl (C=O) groups excluding carboxylic acids is 1. The predicted molar refractivity (Wildman–Crippen MR) is 37.8 cm³/mol. The second-order valence-corrected chi connectivity index (χ2v) is 3.08. The third-order valence-corrected chi connectivity index (χ3v) is 2.37. The van der Waals surface area contributed by atoms with Gasteiger partial charge in [0.05, 0.1) is 5.92 Å². The molecular weight excluding hydrogens is 188 g/mol. The summed E-state index contributed by atoms with van der Waals surface area (Å²) >= 11 is 0. The Morgan fingerprint density at radius 2 is 1.69 bits per heavy atom. The van der Waals surface area contributed by atoms with Crippen LogP contribution in [0.5, 0.6) is 0 Å². The Hall–Kier alpha value is -0.870. The van der Waals surface area contributed by atoms with Gasteiger partial charge in [0.25, 0.3) is 0 Å². The fourth-order valence-electron chi connectivity index (χ4n) is 1.42. The van der Waals surface area contributed by atoms with Crippen molar-refractivity contribution in [1.29, 1.82) is 0 Å². The molecule has 0 bridgehead atoms. The molecule has 0 aliphatic heterocycles. The summed E-state index contributed by atoms with van der Waals surface area (Å²) in [4.78, 5) is 9.81. The van der Waals surface area contributed by atoms with Crippen LogP contribution in [0.1, 0.15) is 6.92 Å². The second kappa shape index (κ2) is 2.82. The van der Waals surface area contributed by atoms with E-state index in [9.17, 15) is 22.4 Å². The van der Waals surface area contributed by atoms with E-state index in [0.717, 1.165) is 19.1 Å². The molecule has 1 rings (SSSR count). The number of rotatable bonds is 2. The molecule has 1 nitrogen and oxygen atoms in total. The molecular formula is C8H8F4O. The van der Waals surface area contributed by atoms with E-state index in [1.54, 1.807) is 0 Å². The van der Waals surface area contributed by atoms with E-state index in [1.165, 1.54) is 0 Å². The van der Waals surface area contributed by atoms with Crippen LogP contribution in [0.15, 0.2) is 12.2 Å². The van der Waals surface area contributed by atoms with Gasteiger partial charge in [-0.25, -0.2) is 0 Å². The van der Waals surface area contributed by atoms with Gasteiger partial charge < -0.3 is 0 Å². The summed E-state index contributed by atoms with van der Waals surface area (Å²) in [5.41, 5.74) is 0. The van der Waals surface area contributed by atoms with Crippen LogP contribution in [0.3, 0.4) is 0 Å². The Labute approximate surface area is 72.4 Å². The molecule has 0 N–H and O–H groups in total. The molecule has 0 aromatic heterocycles. The van der Waals surface area contributed by atoms with Crippen molar-refractivity contribution in [2.45, 2.75) is 18.8 Å². The van der Waals surface area contributed by atoms with Gasteiger partial charge in [0.1, 0.15) is 6.29 Å². The Morgan fingerprint density at radius 3 is 2.08 bits per heavy atom. The topological polar surface area (TPSA) is 17.1 Å². The maximum Gasteiger partial charge on any atom is 0.317 e. The Bertz CT molecular complexity index is 247. The molecule has 0 radical (unpaired) electrons. The zero-order valence-corrected chi connectivity index (χ0v) is 6.81. The number of hydrogen-bond acceptors (Lipinski definition) is 1. The maximum absolute atomic E-state index is 12.6. The van der Waals surface area contributed by atoms with Crippen molar-refractivity contribution in [3.8, 4) is 0 Å². The van der Waals surface area contributed by atoms with E-state index >= 15 is 0 Å². The molecule has 0 heterocycles. The van der Waals surface area contributed by atoms with Gasteiger partial charge in [-0.15, -0.1) is 0 Å². The highest BCUT2D eigenvalue weighted by atomic mass is 19.3. The van der Waals surface area contributed by atoms with Gasteiger partial charge in [0.2, 0.25) is 0 Å². The van der Waals surface area contributed by atoms with E-state index in [-0.39, 0.29) is 0 Å². The zero-order chi connectivity index (χ0) is 10.3. The van der Waals surface area contributed by atoms with Crippen molar-refractivity contribution in [2.24, 2.45) is 11.8 Å². The normalized spacial score (nSPS) is 35.8. The first-order chi connectivity index (χ1) is 5.85. The Balaban J connectivity index is 2.81. The fraction of sp³-hybridized carbons (Fsp3) is 0.625. The molecule has 1 aliphatic carbocycles. The van der Waals surface area contributed by atoms with Crippen molar-refractivity contribution < 1.29 is 22.4 Å². The van der Waals surface area contributed by atoms with Crippen molar-refractivity contribution in [2.75, 3.05) is 0 Å². The van der Waals surface area contributed by atoms with Gasteiger partial charge in [-0.05, 0) is 6.08 Å². The molecule has 13 heavy (non-hydrogen) atoms. The third kappa shape index (κ3) is 1.17. The van der Waals surface area contributed by atoms with Crippen molar-refractivity contribution >= 4 is 6.29 Å². The lowest BCUT2D eigenvalue weighted by atomic mass is 9.67. The van der Waals surface area contributed by atoms with E-state index < -0.39 is 23.7 Å². The monoisotopic (exact) mass is 196 g/mol. The predicted octanol–water partition coefficient (Wildman–Crippen LogP) is 2.28. The molecule has 1 saturated carbocycles. The summed E-state index contributed by atoms with van der Waals surface area (Å²) in [5, 5.41) is 0. The molecule has 5 heteroatoms. The van der Waals surface area contributed by atoms with E-state index in [2.05, 4.69) is 0 Å². The lowest BCUT2D eigenvalue weighted by molar-refractivity contribution is -0.336. The minimum Gasteiger partial charge on any atom is -0.299 e. The molecule has 0 spiro atoms. The maximum atomic E-state index is 12.6. The first kappa shape index (κ1) is 10.2. The smallest absolute Gasteiger partial charge is 0.299 e. The van der Waals surface area contributed by atoms with Gasteiger partial charge in [-0.2, -0.15) is 17.6 Å². The second-order valence-electron chi connectivity index (χ2n) is 3.08. The molecule has 2 unspecified atom stereocenters. The van der Waals surface area contributed by atoms with Crippen LogP contribution in [0.2, 0.25) is 0 Å². The van der Waals surface area contributed by atoms with Gasteiger partial charge >= 0.3 is 11.8 Å². The van der Waals surface area contributed by atoms with Crippen LogP contribution in [-0.2, 0) is 4.79 Å². The Morgan fingerprint density at radius 1 is 1.15 bits per heavy atom. The number of halogens is 4. The fourth-order valence-corrected chi connectivity index (χ4v) is 1.42. The minimum atomic E-state index is -4.02. The molecule has 0 amide bonds.